The van der Waals surface area contributed by atoms with Gasteiger partial charge in [0.2, 0.25) is 0 Å². The molecular formula is C15H20ClNO4S2. The third kappa shape index (κ3) is 6.71. The van der Waals surface area contributed by atoms with Crippen LogP contribution in [0.3, 0.4) is 0 Å². The maximum Gasteiger partial charge on any atom is 0.318 e. The largest absolute Gasteiger partial charge is 0.480 e. The van der Waals surface area contributed by atoms with Crippen LogP contribution in [0.25, 0.3) is 0 Å². The van der Waals surface area contributed by atoms with Crippen molar-refractivity contribution >= 4 is 39.2 Å². The zero-order valence-electron chi connectivity index (χ0n) is 12.7. The molecule has 0 aromatic heterocycles. The summed E-state index contributed by atoms with van der Waals surface area (Å²) in [6, 6.07) is 7.79. The summed E-state index contributed by atoms with van der Waals surface area (Å²) < 4.78 is 23.2. The molecule has 1 aromatic rings. The van der Waals surface area contributed by atoms with E-state index >= 15 is 0 Å². The van der Waals surface area contributed by atoms with E-state index in [4.69, 9.17) is 16.7 Å². The lowest BCUT2D eigenvalue weighted by atomic mass is 10.1. The van der Waals surface area contributed by atoms with Gasteiger partial charge in [0.1, 0.15) is 5.75 Å². The first-order chi connectivity index (χ1) is 10.8. The first-order valence-electron chi connectivity index (χ1n) is 7.41. The quantitative estimate of drug-likeness (QED) is 0.786. The number of likely N-dealkylation sites (tertiary alicyclic amines) is 1. The Labute approximate surface area is 145 Å². The third-order valence-corrected chi connectivity index (χ3v) is 6.81. The lowest BCUT2D eigenvalue weighted by Gasteiger charge is -2.31. The molecule has 1 fully saturated rings. The summed E-state index contributed by atoms with van der Waals surface area (Å²) in [5.41, 5.74) is 0. The van der Waals surface area contributed by atoms with Crippen LogP contribution < -0.4 is 0 Å². The van der Waals surface area contributed by atoms with Crippen LogP contribution in [-0.2, 0) is 14.6 Å². The van der Waals surface area contributed by atoms with Gasteiger partial charge in [-0.3, -0.25) is 4.79 Å². The molecule has 1 saturated heterocycles. The van der Waals surface area contributed by atoms with Gasteiger partial charge in [0, 0.05) is 21.7 Å². The molecule has 0 atom stereocenters. The summed E-state index contributed by atoms with van der Waals surface area (Å²) in [7, 11) is -3.51. The van der Waals surface area contributed by atoms with E-state index in [-0.39, 0.29) is 5.75 Å². The summed E-state index contributed by atoms with van der Waals surface area (Å²) in [4.78, 5) is 13.8. The number of aliphatic carboxylic acids is 1. The van der Waals surface area contributed by atoms with Gasteiger partial charge in [-0.1, -0.05) is 11.6 Å². The van der Waals surface area contributed by atoms with Gasteiger partial charge in [0.05, 0.1) is 5.75 Å². The first-order valence-corrected chi connectivity index (χ1v) is 10.5. The first kappa shape index (κ1) is 18.6. The van der Waals surface area contributed by atoms with E-state index in [1.807, 2.05) is 36.0 Å². The Morgan fingerprint density at radius 2 is 1.87 bits per heavy atom. The van der Waals surface area contributed by atoms with Gasteiger partial charge >= 0.3 is 5.97 Å². The number of carboxylic acid groups (broad SMARTS) is 1. The van der Waals surface area contributed by atoms with Crippen LogP contribution in [0.4, 0.5) is 0 Å². The van der Waals surface area contributed by atoms with Crippen molar-refractivity contribution < 1.29 is 18.3 Å². The molecule has 1 aromatic carbocycles. The summed E-state index contributed by atoms with van der Waals surface area (Å²) in [6.45, 7) is 2.09. The summed E-state index contributed by atoms with van der Waals surface area (Å²) in [5, 5.41) is 9.82. The van der Waals surface area contributed by atoms with Crippen molar-refractivity contribution in [2.24, 2.45) is 0 Å². The highest BCUT2D eigenvalue weighted by atomic mass is 35.5. The lowest BCUT2D eigenvalue weighted by molar-refractivity contribution is -0.134. The van der Waals surface area contributed by atoms with Gasteiger partial charge in [-0.15, -0.1) is 11.8 Å². The van der Waals surface area contributed by atoms with E-state index in [0.29, 0.717) is 11.8 Å². The number of nitrogens with zero attached hydrogens (tertiary/aromatic N) is 1. The predicted molar refractivity (Wildman–Crippen MR) is 93.1 cm³/mol. The van der Waals surface area contributed by atoms with Crippen LogP contribution in [0.1, 0.15) is 12.8 Å². The average molecular weight is 378 g/mol. The Morgan fingerprint density at radius 3 is 2.43 bits per heavy atom. The molecular weight excluding hydrogens is 358 g/mol. The van der Waals surface area contributed by atoms with Crippen molar-refractivity contribution in [1.29, 1.82) is 0 Å². The number of hydrogen-bond donors (Lipinski definition) is 1. The smallest absolute Gasteiger partial charge is 0.318 e. The zero-order valence-corrected chi connectivity index (χ0v) is 15.0. The Bertz CT molecular complexity index is 625. The highest BCUT2D eigenvalue weighted by Crippen LogP contribution is 2.30. The molecule has 8 heteroatoms. The highest BCUT2D eigenvalue weighted by molar-refractivity contribution is 8.00. The number of hydrogen-bond acceptors (Lipinski definition) is 5. The summed E-state index contributed by atoms with van der Waals surface area (Å²) in [6.07, 6.45) is 1.98. The molecule has 0 radical (unpaired) electrons. The number of halogens is 1. The Kier molecular flexibility index (Phi) is 6.76. The van der Waals surface area contributed by atoms with Crippen molar-refractivity contribution in [3.05, 3.63) is 29.3 Å². The average Bonchev–Trinajstić information content (AvgIpc) is 2.48. The SMILES string of the molecule is O=C(O)CS(=O)(=O)CCN1CCC(Sc2ccc(Cl)cc2)CC1. The number of piperidine rings is 1. The minimum Gasteiger partial charge on any atom is -0.480 e. The molecule has 0 aliphatic carbocycles. The molecule has 1 N–H and O–H groups in total. The molecule has 0 amide bonds. The number of carboxylic acids is 1. The lowest BCUT2D eigenvalue weighted by Crippen LogP contribution is -2.38. The number of thioether (sulfide) groups is 1. The van der Waals surface area contributed by atoms with Crippen molar-refractivity contribution in [1.82, 2.24) is 4.90 Å². The third-order valence-electron chi connectivity index (χ3n) is 3.71. The number of sulfone groups is 1. The molecule has 0 spiro atoms. The molecule has 128 valence electrons. The van der Waals surface area contributed by atoms with E-state index in [1.54, 1.807) is 0 Å². The fourth-order valence-corrected chi connectivity index (χ4v) is 4.79. The molecule has 23 heavy (non-hydrogen) atoms. The fraction of sp³-hybridized carbons (Fsp3) is 0.533. The Morgan fingerprint density at radius 1 is 1.26 bits per heavy atom. The molecule has 2 rings (SSSR count). The van der Waals surface area contributed by atoms with Crippen LogP contribution in [0.2, 0.25) is 5.02 Å². The van der Waals surface area contributed by atoms with Crippen LogP contribution in [0, 0.1) is 0 Å². The van der Waals surface area contributed by atoms with Gasteiger partial charge in [-0.2, -0.15) is 0 Å². The second kappa shape index (κ2) is 8.37. The molecule has 0 unspecified atom stereocenters. The minimum absolute atomic E-state index is 0.0890. The molecule has 0 saturated carbocycles. The number of benzene rings is 1. The Hall–Kier alpha value is -0.760. The van der Waals surface area contributed by atoms with Crippen molar-refractivity contribution in [2.75, 3.05) is 31.1 Å². The van der Waals surface area contributed by atoms with Crippen LogP contribution >= 0.6 is 23.4 Å². The van der Waals surface area contributed by atoms with E-state index in [0.717, 1.165) is 31.0 Å². The fourth-order valence-electron chi connectivity index (χ4n) is 2.48. The van der Waals surface area contributed by atoms with Crippen LogP contribution in [-0.4, -0.2) is 60.8 Å². The monoisotopic (exact) mass is 377 g/mol. The van der Waals surface area contributed by atoms with E-state index in [9.17, 15) is 13.2 Å². The topological polar surface area (TPSA) is 74.7 Å². The molecule has 5 nitrogen and oxygen atoms in total. The van der Waals surface area contributed by atoms with E-state index < -0.39 is 21.6 Å². The number of carbonyl (C=O) groups is 1. The van der Waals surface area contributed by atoms with Crippen molar-refractivity contribution in [3.63, 3.8) is 0 Å². The molecule has 0 bridgehead atoms. The second-order valence-corrected chi connectivity index (χ2v) is 9.59. The van der Waals surface area contributed by atoms with Gasteiger partial charge in [-0.05, 0) is 50.2 Å². The maximum absolute atomic E-state index is 11.6. The normalized spacial score (nSPS) is 17.3. The van der Waals surface area contributed by atoms with Gasteiger partial charge in [0.15, 0.2) is 9.84 Å². The second-order valence-electron chi connectivity index (χ2n) is 5.60. The number of rotatable bonds is 7. The minimum atomic E-state index is -3.51. The molecule has 1 aliphatic rings. The van der Waals surface area contributed by atoms with Gasteiger partial charge in [0.25, 0.3) is 0 Å². The van der Waals surface area contributed by atoms with E-state index in [2.05, 4.69) is 4.90 Å². The summed E-state index contributed by atoms with van der Waals surface area (Å²) in [5.74, 6) is -2.16. The van der Waals surface area contributed by atoms with Crippen LogP contribution in [0.5, 0.6) is 0 Å². The highest BCUT2D eigenvalue weighted by Gasteiger charge is 2.22. The Balaban J connectivity index is 1.73. The molecule has 1 heterocycles. The standard InChI is InChI=1S/C15H20ClNO4S2/c16-12-1-3-13(4-2-12)22-14-5-7-17(8-6-14)9-10-23(20,21)11-15(18)19/h1-4,14H,5-11H2,(H,18,19). The zero-order chi connectivity index (χ0) is 16.9. The van der Waals surface area contributed by atoms with Crippen molar-refractivity contribution in [2.45, 2.75) is 23.0 Å². The predicted octanol–water partition coefficient (Wildman–Crippen LogP) is 2.40. The maximum atomic E-state index is 11.6. The van der Waals surface area contributed by atoms with Gasteiger partial charge < -0.3 is 10.0 Å². The van der Waals surface area contributed by atoms with E-state index in [1.165, 1.54) is 4.90 Å². The van der Waals surface area contributed by atoms with Gasteiger partial charge in [-0.25, -0.2) is 8.42 Å². The molecule has 1 aliphatic heterocycles. The van der Waals surface area contributed by atoms with Crippen molar-refractivity contribution in [3.8, 4) is 0 Å². The van der Waals surface area contributed by atoms with Crippen LogP contribution in [0.15, 0.2) is 29.2 Å². The summed E-state index contributed by atoms with van der Waals surface area (Å²) >= 11 is 7.70.